The summed E-state index contributed by atoms with van der Waals surface area (Å²) in [5.74, 6) is -1.09. The molecule has 1 N–H and O–H groups in total. The number of carboxylic acid groups (broad SMARTS) is 1. The van der Waals surface area contributed by atoms with Gasteiger partial charge in [-0.05, 0) is 24.5 Å². The lowest BCUT2D eigenvalue weighted by Gasteiger charge is -2.30. The first-order valence-electron chi connectivity index (χ1n) is 6.53. The fraction of sp³-hybridized carbons (Fsp3) is 0.538. The number of ether oxygens (including phenoxy) is 1. The second-order valence-corrected chi connectivity index (χ2v) is 7.03. The van der Waals surface area contributed by atoms with Crippen LogP contribution < -0.4 is 0 Å². The highest BCUT2D eigenvalue weighted by Gasteiger charge is 2.28. The van der Waals surface area contributed by atoms with E-state index in [1.807, 2.05) is 6.07 Å². The second kappa shape index (κ2) is 7.45. The van der Waals surface area contributed by atoms with Crippen molar-refractivity contribution in [1.82, 2.24) is 4.90 Å². The molecule has 0 aromatic carbocycles. The molecule has 1 aliphatic heterocycles. The second-order valence-electron chi connectivity index (χ2n) is 4.74. The zero-order valence-electron chi connectivity index (χ0n) is 11.2. The fourth-order valence-corrected chi connectivity index (χ4v) is 3.70. The van der Waals surface area contributed by atoms with E-state index in [4.69, 9.17) is 33.0 Å². The molecule has 0 bridgehead atoms. The van der Waals surface area contributed by atoms with E-state index >= 15 is 0 Å². The van der Waals surface area contributed by atoms with Crippen LogP contribution in [0.5, 0.6) is 0 Å². The minimum atomic E-state index is -1.04. The highest BCUT2D eigenvalue weighted by Crippen LogP contribution is 2.32. The van der Waals surface area contributed by atoms with Gasteiger partial charge in [-0.15, -0.1) is 11.3 Å². The van der Waals surface area contributed by atoms with Crippen LogP contribution in [0.4, 0.5) is 0 Å². The van der Waals surface area contributed by atoms with E-state index in [0.717, 1.165) is 5.56 Å². The summed E-state index contributed by atoms with van der Waals surface area (Å²) < 4.78 is 6.38. The first-order chi connectivity index (χ1) is 9.97. The molecule has 0 radical (unpaired) electrons. The van der Waals surface area contributed by atoms with E-state index < -0.39 is 12.1 Å². The van der Waals surface area contributed by atoms with Crippen molar-refractivity contribution in [2.24, 2.45) is 0 Å². The first kappa shape index (κ1) is 16.5. The maximum absolute atomic E-state index is 12.1. The number of hydrogen-bond donors (Lipinski definition) is 1. The lowest BCUT2D eigenvalue weighted by Crippen LogP contribution is -2.48. The maximum Gasteiger partial charge on any atom is 0.334 e. The topological polar surface area (TPSA) is 66.8 Å². The molecule has 8 heteroatoms. The van der Waals surface area contributed by atoms with Crippen LogP contribution in [-0.4, -0.2) is 47.7 Å². The smallest absolute Gasteiger partial charge is 0.334 e. The zero-order chi connectivity index (χ0) is 15.4. The summed E-state index contributed by atoms with van der Waals surface area (Å²) in [6.07, 6.45) is 0.768. The summed E-state index contributed by atoms with van der Waals surface area (Å²) in [7, 11) is 0. The molecule has 2 rings (SSSR count). The summed E-state index contributed by atoms with van der Waals surface area (Å²) in [6, 6.07) is 1.81. The van der Waals surface area contributed by atoms with Crippen LogP contribution in [0.1, 0.15) is 18.4 Å². The van der Waals surface area contributed by atoms with Crippen molar-refractivity contribution >= 4 is 46.4 Å². The monoisotopic (exact) mass is 351 g/mol. The lowest BCUT2D eigenvalue weighted by molar-refractivity contribution is -0.159. The number of aryl methyl sites for hydroxylation is 1. The molecular formula is C13H15Cl2NO4S. The third-order valence-corrected chi connectivity index (χ3v) is 4.83. The Morgan fingerprint density at radius 2 is 2.24 bits per heavy atom. The van der Waals surface area contributed by atoms with Gasteiger partial charge in [0.15, 0.2) is 6.10 Å². The van der Waals surface area contributed by atoms with Gasteiger partial charge in [-0.3, -0.25) is 4.79 Å². The Morgan fingerprint density at radius 3 is 2.86 bits per heavy atom. The summed E-state index contributed by atoms with van der Waals surface area (Å²) in [4.78, 5) is 24.5. The maximum atomic E-state index is 12.1. The summed E-state index contributed by atoms with van der Waals surface area (Å²) in [5, 5.41) is 8.91. The highest BCUT2D eigenvalue weighted by molar-refractivity contribution is 7.20. The molecule has 1 atom stereocenters. The average molecular weight is 352 g/mol. The number of halogens is 2. The Balaban J connectivity index is 1.79. The third kappa shape index (κ3) is 4.57. The molecule has 1 amide bonds. The van der Waals surface area contributed by atoms with Crippen LogP contribution >= 0.6 is 34.5 Å². The molecule has 5 nitrogen and oxygen atoms in total. The van der Waals surface area contributed by atoms with Crippen LogP contribution in [0, 0.1) is 0 Å². The molecular weight excluding hydrogens is 337 g/mol. The third-order valence-electron chi connectivity index (χ3n) is 3.26. The van der Waals surface area contributed by atoms with E-state index in [1.54, 1.807) is 4.90 Å². The molecule has 0 unspecified atom stereocenters. The molecule has 1 saturated heterocycles. The van der Waals surface area contributed by atoms with E-state index in [0.29, 0.717) is 34.5 Å². The van der Waals surface area contributed by atoms with Crippen molar-refractivity contribution in [3.63, 3.8) is 0 Å². The van der Waals surface area contributed by atoms with Crippen LogP contribution in [-0.2, 0) is 20.7 Å². The van der Waals surface area contributed by atoms with Crippen molar-refractivity contribution in [1.29, 1.82) is 0 Å². The van der Waals surface area contributed by atoms with E-state index in [9.17, 15) is 9.59 Å². The zero-order valence-corrected chi connectivity index (χ0v) is 13.5. The number of morpholine rings is 1. The summed E-state index contributed by atoms with van der Waals surface area (Å²) in [6.45, 7) is 0.807. The number of amides is 1. The average Bonchev–Trinajstić information content (AvgIpc) is 2.77. The number of carboxylic acids is 1. The molecule has 21 heavy (non-hydrogen) atoms. The SMILES string of the molecule is O=C(O)[C@H]1CN(C(=O)CCCc2cc(Cl)sc2Cl)CCO1. The van der Waals surface area contributed by atoms with Gasteiger partial charge in [0.25, 0.3) is 0 Å². The Labute approximate surface area is 136 Å². The van der Waals surface area contributed by atoms with Gasteiger partial charge in [0.05, 0.1) is 21.8 Å². The molecule has 0 saturated carbocycles. The molecule has 1 fully saturated rings. The number of aliphatic carboxylic acids is 1. The number of carbonyl (C=O) groups excluding carboxylic acids is 1. The predicted octanol–water partition coefficient (Wildman–Crippen LogP) is 2.69. The van der Waals surface area contributed by atoms with E-state index in [1.165, 1.54) is 11.3 Å². The largest absolute Gasteiger partial charge is 0.479 e. The van der Waals surface area contributed by atoms with Gasteiger partial charge < -0.3 is 14.7 Å². The first-order valence-corrected chi connectivity index (χ1v) is 8.10. The molecule has 0 spiro atoms. The van der Waals surface area contributed by atoms with Gasteiger partial charge in [-0.2, -0.15) is 0 Å². The molecule has 2 heterocycles. The number of carbonyl (C=O) groups is 2. The Hall–Kier alpha value is -0.820. The Kier molecular flexibility index (Phi) is 5.87. The predicted molar refractivity (Wildman–Crippen MR) is 81.2 cm³/mol. The van der Waals surface area contributed by atoms with Crippen LogP contribution in [0.3, 0.4) is 0 Å². The Morgan fingerprint density at radius 1 is 1.48 bits per heavy atom. The molecule has 0 aliphatic carbocycles. The van der Waals surface area contributed by atoms with Crippen LogP contribution in [0.15, 0.2) is 6.07 Å². The van der Waals surface area contributed by atoms with Gasteiger partial charge in [0.1, 0.15) is 0 Å². The quantitative estimate of drug-likeness (QED) is 0.885. The fourth-order valence-electron chi connectivity index (χ4n) is 2.16. The van der Waals surface area contributed by atoms with Gasteiger partial charge in [0, 0.05) is 13.0 Å². The highest BCUT2D eigenvalue weighted by atomic mass is 35.5. The van der Waals surface area contributed by atoms with Crippen molar-refractivity contribution in [2.45, 2.75) is 25.4 Å². The number of rotatable bonds is 5. The number of thiophene rings is 1. The minimum Gasteiger partial charge on any atom is -0.479 e. The lowest BCUT2D eigenvalue weighted by atomic mass is 10.1. The minimum absolute atomic E-state index is 0.0537. The molecule has 116 valence electrons. The van der Waals surface area contributed by atoms with Gasteiger partial charge >= 0.3 is 5.97 Å². The van der Waals surface area contributed by atoms with Crippen molar-refractivity contribution < 1.29 is 19.4 Å². The molecule has 1 aliphatic rings. The van der Waals surface area contributed by atoms with Crippen molar-refractivity contribution in [2.75, 3.05) is 19.7 Å². The van der Waals surface area contributed by atoms with Crippen LogP contribution in [0.2, 0.25) is 8.67 Å². The Bertz CT molecular complexity index is 534. The molecule has 1 aromatic rings. The van der Waals surface area contributed by atoms with Crippen LogP contribution in [0.25, 0.3) is 0 Å². The van der Waals surface area contributed by atoms with E-state index in [2.05, 4.69) is 0 Å². The van der Waals surface area contributed by atoms with E-state index in [-0.39, 0.29) is 19.1 Å². The summed E-state index contributed by atoms with van der Waals surface area (Å²) >= 11 is 13.2. The number of nitrogens with zero attached hydrogens (tertiary/aromatic N) is 1. The standard InChI is InChI=1S/C13H15Cl2NO4S/c14-10-6-8(12(15)21-10)2-1-3-11(17)16-4-5-20-9(7-16)13(18)19/h6,9H,1-5,7H2,(H,18,19)/t9-/m1/s1. The van der Waals surface area contributed by atoms with Gasteiger partial charge in [0.2, 0.25) is 5.91 Å². The van der Waals surface area contributed by atoms with Crippen molar-refractivity contribution in [3.8, 4) is 0 Å². The van der Waals surface area contributed by atoms with Crippen molar-refractivity contribution in [3.05, 3.63) is 20.3 Å². The summed E-state index contributed by atoms with van der Waals surface area (Å²) in [5.41, 5.74) is 0.949. The molecule has 1 aromatic heterocycles. The number of hydrogen-bond acceptors (Lipinski definition) is 4. The normalized spacial score (nSPS) is 18.8. The van der Waals surface area contributed by atoms with Gasteiger partial charge in [-0.1, -0.05) is 23.2 Å². The van der Waals surface area contributed by atoms with Gasteiger partial charge in [-0.25, -0.2) is 4.79 Å².